The van der Waals surface area contributed by atoms with Crippen molar-refractivity contribution in [2.24, 2.45) is 0 Å². The predicted molar refractivity (Wildman–Crippen MR) is 74.9 cm³/mol. The molecule has 0 N–H and O–H groups in total. The summed E-state index contributed by atoms with van der Waals surface area (Å²) in [5, 5.41) is 1.44. The van der Waals surface area contributed by atoms with Crippen molar-refractivity contribution < 1.29 is 0 Å². The van der Waals surface area contributed by atoms with E-state index in [1.165, 1.54) is 24.8 Å². The molecule has 0 spiro atoms. The molecule has 1 nitrogen and oxygen atoms in total. The number of hydrogen-bond donors (Lipinski definition) is 0. The summed E-state index contributed by atoms with van der Waals surface area (Å²) in [4.78, 5) is 2.53. The Hall–Kier alpha value is -0.240. The summed E-state index contributed by atoms with van der Waals surface area (Å²) in [6, 6.07) is 5.85. The highest BCUT2D eigenvalue weighted by molar-refractivity contribution is 6.34. The number of benzene rings is 1. The molecule has 1 aliphatic rings. The first kappa shape index (κ1) is 13.2. The Labute approximate surface area is 114 Å². The molecule has 2 rings (SSSR count). The van der Waals surface area contributed by atoms with Gasteiger partial charge < -0.3 is 0 Å². The van der Waals surface area contributed by atoms with Crippen LogP contribution in [0, 0.1) is 0 Å². The molecule has 1 aliphatic heterocycles. The largest absolute Gasteiger partial charge is 0.294 e. The fraction of sp³-hybridized carbons (Fsp3) is 0.571. The summed E-state index contributed by atoms with van der Waals surface area (Å²) in [6.07, 6.45) is 3.93. The maximum Gasteiger partial charge on any atom is 0.0424 e. The summed E-state index contributed by atoms with van der Waals surface area (Å²) in [5.41, 5.74) is 1.21. The Morgan fingerprint density at radius 2 is 1.47 bits per heavy atom. The Bertz CT molecular complexity index is 375. The molecular weight excluding hydrogens is 253 g/mol. The molecule has 0 radical (unpaired) electrons. The number of rotatable bonds is 2. The van der Waals surface area contributed by atoms with Crippen LogP contribution in [-0.4, -0.2) is 18.0 Å². The monoisotopic (exact) mass is 271 g/mol. The minimum atomic E-state index is 0.00889. The lowest BCUT2D eigenvalue weighted by Gasteiger charge is -2.41. The lowest BCUT2D eigenvalue weighted by Crippen LogP contribution is -2.44. The molecule has 3 heteroatoms. The molecule has 17 heavy (non-hydrogen) atoms. The van der Waals surface area contributed by atoms with Crippen molar-refractivity contribution in [3.8, 4) is 0 Å². The number of piperidine rings is 1. The number of halogens is 2. The van der Waals surface area contributed by atoms with Gasteiger partial charge in [0.15, 0.2) is 0 Å². The topological polar surface area (TPSA) is 3.24 Å². The normalized spacial score (nSPS) is 18.4. The van der Waals surface area contributed by atoms with Crippen LogP contribution < -0.4 is 0 Å². The van der Waals surface area contributed by atoms with Gasteiger partial charge in [0.05, 0.1) is 0 Å². The molecule has 0 unspecified atom stereocenters. The Balaban J connectivity index is 2.29. The molecule has 0 aliphatic carbocycles. The summed E-state index contributed by atoms with van der Waals surface area (Å²) in [6.45, 7) is 6.83. The molecule has 0 saturated carbocycles. The second-order valence-corrected chi connectivity index (χ2v) is 6.14. The van der Waals surface area contributed by atoms with E-state index in [0.717, 1.165) is 23.1 Å². The second-order valence-electron chi connectivity index (χ2n) is 5.26. The molecule has 0 amide bonds. The van der Waals surface area contributed by atoms with E-state index < -0.39 is 0 Å². The van der Waals surface area contributed by atoms with Crippen molar-refractivity contribution >= 4 is 23.2 Å². The smallest absolute Gasteiger partial charge is 0.0424 e. The lowest BCUT2D eigenvalue weighted by atomic mass is 9.90. The third-order valence-electron chi connectivity index (χ3n) is 3.72. The van der Waals surface area contributed by atoms with Gasteiger partial charge in [0, 0.05) is 15.6 Å². The average molecular weight is 272 g/mol. The van der Waals surface area contributed by atoms with Crippen molar-refractivity contribution in [1.82, 2.24) is 4.90 Å². The first-order chi connectivity index (χ1) is 8.00. The highest BCUT2D eigenvalue weighted by Gasteiger charge is 2.30. The van der Waals surface area contributed by atoms with Gasteiger partial charge >= 0.3 is 0 Å². The van der Waals surface area contributed by atoms with Crippen LogP contribution >= 0.6 is 23.2 Å². The zero-order valence-electron chi connectivity index (χ0n) is 10.5. The summed E-state index contributed by atoms with van der Waals surface area (Å²) in [5.74, 6) is 0. The average Bonchev–Trinajstić information content (AvgIpc) is 2.29. The van der Waals surface area contributed by atoms with E-state index in [1.54, 1.807) is 6.07 Å². The van der Waals surface area contributed by atoms with Crippen molar-refractivity contribution in [2.45, 2.75) is 38.6 Å². The molecule has 0 bridgehead atoms. The molecule has 94 valence electrons. The van der Waals surface area contributed by atoms with E-state index in [2.05, 4.69) is 18.7 Å². The standard InChI is InChI=1S/C14H19Cl2N/c1-14(2,17-6-4-3-5-7-17)11-8-12(15)10-13(16)9-11/h8-10H,3-7H2,1-2H3. The Morgan fingerprint density at radius 1 is 0.941 bits per heavy atom. The van der Waals surface area contributed by atoms with E-state index in [1.807, 2.05) is 12.1 Å². The van der Waals surface area contributed by atoms with E-state index >= 15 is 0 Å². The SMILES string of the molecule is CC(C)(c1cc(Cl)cc(Cl)c1)N1CCCCC1. The Kier molecular flexibility index (Phi) is 4.02. The molecule has 1 heterocycles. The van der Waals surface area contributed by atoms with Crippen molar-refractivity contribution in [3.63, 3.8) is 0 Å². The number of hydrogen-bond acceptors (Lipinski definition) is 1. The summed E-state index contributed by atoms with van der Waals surface area (Å²) >= 11 is 12.2. The molecule has 1 aromatic rings. The lowest BCUT2D eigenvalue weighted by molar-refractivity contribution is 0.0944. The van der Waals surface area contributed by atoms with Crippen LogP contribution in [-0.2, 0) is 5.54 Å². The quantitative estimate of drug-likeness (QED) is 0.753. The predicted octanol–water partition coefficient (Wildman–Crippen LogP) is 4.71. The summed E-state index contributed by atoms with van der Waals surface area (Å²) in [7, 11) is 0. The first-order valence-electron chi connectivity index (χ1n) is 6.22. The maximum absolute atomic E-state index is 6.09. The fourth-order valence-corrected chi connectivity index (χ4v) is 3.07. The molecular formula is C14H19Cl2N. The van der Waals surface area contributed by atoms with Gasteiger partial charge in [0.1, 0.15) is 0 Å². The van der Waals surface area contributed by atoms with Crippen LogP contribution in [0.2, 0.25) is 10.0 Å². The van der Waals surface area contributed by atoms with Crippen molar-refractivity contribution in [2.75, 3.05) is 13.1 Å². The van der Waals surface area contributed by atoms with Crippen LogP contribution in [0.3, 0.4) is 0 Å². The van der Waals surface area contributed by atoms with Gasteiger partial charge in [0.25, 0.3) is 0 Å². The van der Waals surface area contributed by atoms with Gasteiger partial charge in [-0.25, -0.2) is 0 Å². The van der Waals surface area contributed by atoms with Crippen molar-refractivity contribution in [3.05, 3.63) is 33.8 Å². The zero-order chi connectivity index (χ0) is 12.5. The highest BCUT2D eigenvalue weighted by atomic mass is 35.5. The first-order valence-corrected chi connectivity index (χ1v) is 6.97. The van der Waals surface area contributed by atoms with E-state index in [-0.39, 0.29) is 5.54 Å². The second kappa shape index (κ2) is 5.17. The summed E-state index contributed by atoms with van der Waals surface area (Å²) < 4.78 is 0. The van der Waals surface area contributed by atoms with Crippen LogP contribution in [0.15, 0.2) is 18.2 Å². The van der Waals surface area contributed by atoms with E-state index in [9.17, 15) is 0 Å². The molecule has 0 aromatic heterocycles. The zero-order valence-corrected chi connectivity index (χ0v) is 12.0. The molecule has 0 atom stereocenters. The van der Waals surface area contributed by atoms with Gasteiger partial charge in [-0.2, -0.15) is 0 Å². The fourth-order valence-electron chi connectivity index (χ4n) is 2.54. The van der Waals surface area contributed by atoms with Gasteiger partial charge in [-0.3, -0.25) is 4.90 Å². The molecule has 1 fully saturated rings. The van der Waals surface area contributed by atoms with Gasteiger partial charge in [-0.1, -0.05) is 29.6 Å². The van der Waals surface area contributed by atoms with Crippen LogP contribution in [0.5, 0.6) is 0 Å². The number of nitrogens with zero attached hydrogens (tertiary/aromatic N) is 1. The van der Waals surface area contributed by atoms with Crippen LogP contribution in [0.4, 0.5) is 0 Å². The number of likely N-dealkylation sites (tertiary alicyclic amines) is 1. The van der Waals surface area contributed by atoms with Crippen molar-refractivity contribution in [1.29, 1.82) is 0 Å². The van der Waals surface area contributed by atoms with E-state index in [0.29, 0.717) is 0 Å². The van der Waals surface area contributed by atoms with Gasteiger partial charge in [0.2, 0.25) is 0 Å². The third kappa shape index (κ3) is 2.96. The molecule has 1 aromatic carbocycles. The third-order valence-corrected chi connectivity index (χ3v) is 4.15. The minimum Gasteiger partial charge on any atom is -0.294 e. The Morgan fingerprint density at radius 3 is 2.00 bits per heavy atom. The highest BCUT2D eigenvalue weighted by Crippen LogP contribution is 2.33. The van der Waals surface area contributed by atoms with Crippen LogP contribution in [0.1, 0.15) is 38.7 Å². The minimum absolute atomic E-state index is 0.00889. The van der Waals surface area contributed by atoms with Gasteiger partial charge in [-0.05, 0) is 63.5 Å². The maximum atomic E-state index is 6.09. The van der Waals surface area contributed by atoms with Crippen LogP contribution in [0.25, 0.3) is 0 Å². The van der Waals surface area contributed by atoms with Gasteiger partial charge in [-0.15, -0.1) is 0 Å². The molecule has 1 saturated heterocycles. The van der Waals surface area contributed by atoms with E-state index in [4.69, 9.17) is 23.2 Å².